The Bertz CT molecular complexity index is 932. The fraction of sp³-hybridized carbons (Fsp3) is 0.200. The van der Waals surface area contributed by atoms with E-state index in [0.717, 1.165) is 28.9 Å². The van der Waals surface area contributed by atoms with Gasteiger partial charge in [-0.05, 0) is 18.2 Å². The number of nitrogens with one attached hydrogen (secondary N) is 1. The van der Waals surface area contributed by atoms with E-state index in [1.54, 1.807) is 0 Å². The number of hydrogen-bond acceptors (Lipinski definition) is 5. The van der Waals surface area contributed by atoms with Gasteiger partial charge in [0.15, 0.2) is 9.84 Å². The van der Waals surface area contributed by atoms with Gasteiger partial charge in [-0.2, -0.15) is 13.2 Å². The lowest BCUT2D eigenvalue weighted by molar-refractivity contribution is -0.137. The first-order valence-corrected chi connectivity index (χ1v) is 9.58. The number of carbonyl (C=O) groups excluding carboxylic acids is 1. The summed E-state index contributed by atoms with van der Waals surface area (Å²) in [5.74, 6) is -0.740. The number of halogens is 3. The molecule has 5 nitrogen and oxygen atoms in total. The molecule has 0 fully saturated rings. The molecule has 2 heterocycles. The van der Waals surface area contributed by atoms with Crippen LogP contribution in [0, 0.1) is 0 Å². The van der Waals surface area contributed by atoms with E-state index in [9.17, 15) is 26.4 Å². The summed E-state index contributed by atoms with van der Waals surface area (Å²) in [7, 11) is -3.28. The SMILES string of the molecule is O=C(N[C@@H]1C=CS(=O)(=O)C1)c1csc(-c2ccc(C(F)(F)F)cc2)n1. The molecule has 1 aromatic heterocycles. The Labute approximate surface area is 145 Å². The second kappa shape index (κ2) is 6.26. The summed E-state index contributed by atoms with van der Waals surface area (Å²) in [5, 5.41) is 5.45. The second-order valence-electron chi connectivity index (χ2n) is 5.35. The van der Waals surface area contributed by atoms with Crippen LogP contribution in [0.1, 0.15) is 16.1 Å². The van der Waals surface area contributed by atoms with Gasteiger partial charge in [0, 0.05) is 16.4 Å². The van der Waals surface area contributed by atoms with Crippen molar-refractivity contribution in [1.82, 2.24) is 10.3 Å². The van der Waals surface area contributed by atoms with E-state index in [2.05, 4.69) is 10.3 Å². The van der Waals surface area contributed by atoms with Gasteiger partial charge in [-0.15, -0.1) is 11.3 Å². The molecule has 0 unspecified atom stereocenters. The van der Waals surface area contributed by atoms with Crippen LogP contribution < -0.4 is 5.32 Å². The van der Waals surface area contributed by atoms with E-state index < -0.39 is 33.5 Å². The van der Waals surface area contributed by atoms with Crippen molar-refractivity contribution in [2.75, 3.05) is 5.75 Å². The number of rotatable bonds is 3. The Morgan fingerprint density at radius 2 is 1.92 bits per heavy atom. The van der Waals surface area contributed by atoms with Crippen LogP contribution in [0.25, 0.3) is 10.6 Å². The lowest BCUT2D eigenvalue weighted by atomic mass is 10.1. The molecule has 0 saturated heterocycles. The molecule has 25 heavy (non-hydrogen) atoms. The summed E-state index contributed by atoms with van der Waals surface area (Å²) in [6, 6.07) is 3.86. The van der Waals surface area contributed by atoms with Crippen molar-refractivity contribution in [3.63, 3.8) is 0 Å². The summed E-state index contributed by atoms with van der Waals surface area (Å²) in [4.78, 5) is 16.2. The van der Waals surface area contributed by atoms with Crippen LogP contribution in [0.15, 0.2) is 41.1 Å². The smallest absolute Gasteiger partial charge is 0.343 e. The minimum absolute atomic E-state index is 0.0811. The molecule has 1 atom stereocenters. The van der Waals surface area contributed by atoms with Crippen molar-refractivity contribution in [1.29, 1.82) is 0 Å². The Morgan fingerprint density at radius 3 is 2.48 bits per heavy atom. The van der Waals surface area contributed by atoms with Gasteiger partial charge in [0.1, 0.15) is 10.7 Å². The molecule has 0 spiro atoms. The van der Waals surface area contributed by atoms with E-state index in [0.29, 0.717) is 10.6 Å². The maximum Gasteiger partial charge on any atom is 0.416 e. The fourth-order valence-corrected chi connectivity index (χ4v) is 4.26. The quantitative estimate of drug-likeness (QED) is 0.877. The molecule has 1 N–H and O–H groups in total. The molecule has 1 aliphatic rings. The summed E-state index contributed by atoms with van der Waals surface area (Å²) in [6.07, 6.45) is -3.03. The number of amides is 1. The average Bonchev–Trinajstić information content (AvgIpc) is 3.13. The number of alkyl halides is 3. The molecule has 10 heteroatoms. The maximum absolute atomic E-state index is 12.6. The molecule has 0 aliphatic carbocycles. The Balaban J connectivity index is 1.72. The van der Waals surface area contributed by atoms with Gasteiger partial charge in [0.2, 0.25) is 0 Å². The normalized spacial score (nSPS) is 19.1. The van der Waals surface area contributed by atoms with E-state index in [1.807, 2.05) is 0 Å². The van der Waals surface area contributed by atoms with Crippen molar-refractivity contribution in [2.45, 2.75) is 12.2 Å². The highest BCUT2D eigenvalue weighted by Gasteiger charge is 2.30. The molecule has 1 aromatic carbocycles. The van der Waals surface area contributed by atoms with Crippen molar-refractivity contribution in [3.8, 4) is 10.6 Å². The number of sulfone groups is 1. The molecular formula is C15H11F3N2O3S2. The summed E-state index contributed by atoms with van der Waals surface area (Å²) in [5.41, 5.74) is -0.224. The van der Waals surface area contributed by atoms with Gasteiger partial charge in [-0.3, -0.25) is 4.79 Å². The average molecular weight is 388 g/mol. The van der Waals surface area contributed by atoms with E-state index in [1.165, 1.54) is 23.6 Å². The van der Waals surface area contributed by atoms with Crippen LogP contribution >= 0.6 is 11.3 Å². The number of nitrogens with zero attached hydrogens (tertiary/aromatic N) is 1. The molecule has 2 aromatic rings. The van der Waals surface area contributed by atoms with Gasteiger partial charge in [0.05, 0.1) is 17.4 Å². The van der Waals surface area contributed by atoms with E-state index >= 15 is 0 Å². The highest BCUT2D eigenvalue weighted by molar-refractivity contribution is 7.94. The van der Waals surface area contributed by atoms with Crippen molar-refractivity contribution in [2.24, 2.45) is 0 Å². The molecule has 0 radical (unpaired) electrons. The van der Waals surface area contributed by atoms with Crippen LogP contribution in [-0.2, 0) is 16.0 Å². The third-order valence-corrected chi connectivity index (χ3v) is 5.73. The summed E-state index contributed by atoms with van der Waals surface area (Å²) >= 11 is 1.11. The van der Waals surface area contributed by atoms with Gasteiger partial charge >= 0.3 is 6.18 Å². The number of carbonyl (C=O) groups is 1. The lowest BCUT2D eigenvalue weighted by Gasteiger charge is -2.08. The predicted octanol–water partition coefficient (Wildman–Crippen LogP) is 2.87. The Morgan fingerprint density at radius 1 is 1.24 bits per heavy atom. The second-order valence-corrected chi connectivity index (χ2v) is 8.14. The van der Waals surface area contributed by atoms with Crippen LogP contribution in [0.3, 0.4) is 0 Å². The van der Waals surface area contributed by atoms with Gasteiger partial charge < -0.3 is 5.32 Å². The first kappa shape index (κ1) is 17.6. The van der Waals surface area contributed by atoms with Crippen LogP contribution in [-0.4, -0.2) is 31.1 Å². The number of thiazole rings is 1. The number of aromatic nitrogens is 1. The zero-order valence-corrected chi connectivity index (χ0v) is 14.1. The topological polar surface area (TPSA) is 76.1 Å². The first-order chi connectivity index (χ1) is 11.6. The van der Waals surface area contributed by atoms with E-state index in [4.69, 9.17) is 0 Å². The minimum atomic E-state index is -4.42. The van der Waals surface area contributed by atoms with Gasteiger partial charge in [0.25, 0.3) is 5.91 Å². The Kier molecular flexibility index (Phi) is 4.41. The van der Waals surface area contributed by atoms with Gasteiger partial charge in [-0.25, -0.2) is 13.4 Å². The summed E-state index contributed by atoms with van der Waals surface area (Å²) in [6.45, 7) is 0. The molecule has 0 bridgehead atoms. The highest BCUT2D eigenvalue weighted by Crippen LogP contribution is 2.31. The molecule has 3 rings (SSSR count). The van der Waals surface area contributed by atoms with Crippen molar-refractivity contribution < 1.29 is 26.4 Å². The van der Waals surface area contributed by atoms with E-state index in [-0.39, 0.29) is 11.4 Å². The highest BCUT2D eigenvalue weighted by atomic mass is 32.2. The van der Waals surface area contributed by atoms with Crippen LogP contribution in [0.4, 0.5) is 13.2 Å². The summed E-state index contributed by atoms with van der Waals surface area (Å²) < 4.78 is 60.3. The zero-order valence-electron chi connectivity index (χ0n) is 12.4. The lowest BCUT2D eigenvalue weighted by Crippen LogP contribution is -2.35. The maximum atomic E-state index is 12.6. The Hall–Kier alpha value is -2.20. The molecule has 132 valence electrons. The molecule has 0 saturated carbocycles. The molecule has 1 amide bonds. The number of hydrogen-bond donors (Lipinski definition) is 1. The fourth-order valence-electron chi connectivity index (χ4n) is 2.22. The van der Waals surface area contributed by atoms with Crippen LogP contribution in [0.5, 0.6) is 0 Å². The minimum Gasteiger partial charge on any atom is -0.343 e. The zero-order chi connectivity index (χ0) is 18.2. The molecular weight excluding hydrogens is 377 g/mol. The predicted molar refractivity (Wildman–Crippen MR) is 86.7 cm³/mol. The van der Waals surface area contributed by atoms with Crippen molar-refractivity contribution in [3.05, 3.63) is 52.4 Å². The van der Waals surface area contributed by atoms with Crippen molar-refractivity contribution >= 4 is 27.1 Å². The largest absolute Gasteiger partial charge is 0.416 e. The van der Waals surface area contributed by atoms with Gasteiger partial charge in [-0.1, -0.05) is 12.1 Å². The van der Waals surface area contributed by atoms with Crippen LogP contribution in [0.2, 0.25) is 0 Å². The standard InChI is InChI=1S/C15H11F3N2O3S2/c16-15(17,18)10-3-1-9(2-4-10)14-20-12(7-24-14)13(21)19-11-5-6-25(22,23)8-11/h1-7,11H,8H2,(H,19,21)/t11-/m1/s1. The number of benzene rings is 1. The monoisotopic (exact) mass is 388 g/mol. The first-order valence-electron chi connectivity index (χ1n) is 6.99. The molecule has 1 aliphatic heterocycles. The third kappa shape index (κ3) is 4.07. The third-order valence-electron chi connectivity index (χ3n) is 3.44.